The van der Waals surface area contributed by atoms with Crippen molar-refractivity contribution in [2.75, 3.05) is 4.90 Å². The fourth-order valence-electron chi connectivity index (χ4n) is 3.46. The molecule has 29 heavy (non-hydrogen) atoms. The number of Topliss-reactive ketones (excluding diaryl/α,β-unsaturated/α-hetero) is 1. The molecule has 0 saturated carbocycles. The Morgan fingerprint density at radius 2 is 1.76 bits per heavy atom. The Morgan fingerprint density at radius 3 is 2.38 bits per heavy atom. The van der Waals surface area contributed by atoms with Gasteiger partial charge >= 0.3 is 0 Å². The van der Waals surface area contributed by atoms with Gasteiger partial charge in [-0.2, -0.15) is 0 Å². The van der Waals surface area contributed by atoms with Crippen molar-refractivity contribution in [1.29, 1.82) is 0 Å². The minimum absolute atomic E-state index is 0.0110. The van der Waals surface area contributed by atoms with E-state index in [9.17, 15) is 14.7 Å². The van der Waals surface area contributed by atoms with E-state index in [1.807, 2.05) is 19.9 Å². The average molecular weight is 408 g/mol. The van der Waals surface area contributed by atoms with Crippen LogP contribution >= 0.6 is 11.6 Å². The summed E-state index contributed by atoms with van der Waals surface area (Å²) in [4.78, 5) is 27.2. The second-order valence-corrected chi connectivity index (χ2v) is 7.40. The fraction of sp³-hybridized carbons (Fsp3) is 0.130. The Morgan fingerprint density at radius 1 is 1.03 bits per heavy atom. The highest BCUT2D eigenvalue weighted by Gasteiger charge is 2.48. The second-order valence-electron chi connectivity index (χ2n) is 6.96. The molecule has 1 aliphatic rings. The summed E-state index contributed by atoms with van der Waals surface area (Å²) in [5, 5.41) is 11.5. The molecular weight excluding hydrogens is 390 g/mol. The maximum Gasteiger partial charge on any atom is 0.300 e. The fourth-order valence-corrected chi connectivity index (χ4v) is 3.59. The zero-order chi connectivity index (χ0) is 20.7. The molecule has 0 bridgehead atoms. The summed E-state index contributed by atoms with van der Waals surface area (Å²) in [5.74, 6) is -1.36. The van der Waals surface area contributed by atoms with Gasteiger partial charge in [0.05, 0.1) is 11.8 Å². The van der Waals surface area contributed by atoms with Crippen LogP contribution in [0.2, 0.25) is 5.02 Å². The molecular formula is C23H18ClNO4. The van der Waals surface area contributed by atoms with Crippen LogP contribution in [0.15, 0.2) is 70.9 Å². The summed E-state index contributed by atoms with van der Waals surface area (Å²) in [5.41, 5.74) is 2.97. The Balaban J connectivity index is 1.92. The zero-order valence-electron chi connectivity index (χ0n) is 15.8. The molecule has 4 rings (SSSR count). The standard InChI is InChI=1S/C23H18ClNO4/c1-13-5-6-15(12-14(13)2)21(26)19-20(18-4-3-11-29-18)25(23(28)22(19)27)17-9-7-16(24)8-10-17/h3-12,20,26H,1-2H3/b21-19-. The first-order valence-corrected chi connectivity index (χ1v) is 9.44. The number of carbonyl (C=O) groups is 2. The van der Waals surface area contributed by atoms with Crippen molar-refractivity contribution in [3.8, 4) is 0 Å². The topological polar surface area (TPSA) is 70.8 Å². The van der Waals surface area contributed by atoms with Crippen LogP contribution in [-0.4, -0.2) is 16.8 Å². The number of carbonyl (C=O) groups excluding carboxylic acids is 2. The van der Waals surface area contributed by atoms with Crippen LogP contribution < -0.4 is 4.90 Å². The van der Waals surface area contributed by atoms with Gasteiger partial charge in [-0.25, -0.2) is 0 Å². The molecule has 1 N–H and O–H groups in total. The number of aliphatic hydroxyl groups excluding tert-OH is 1. The van der Waals surface area contributed by atoms with Crippen molar-refractivity contribution in [3.05, 3.63) is 93.9 Å². The molecule has 0 aliphatic carbocycles. The summed E-state index contributed by atoms with van der Waals surface area (Å²) in [7, 11) is 0. The number of anilines is 1. The molecule has 2 aromatic carbocycles. The van der Waals surface area contributed by atoms with Gasteiger partial charge in [-0.1, -0.05) is 23.7 Å². The van der Waals surface area contributed by atoms with Crippen molar-refractivity contribution in [2.24, 2.45) is 0 Å². The molecule has 0 spiro atoms. The number of benzene rings is 2. The van der Waals surface area contributed by atoms with Crippen LogP contribution in [0.3, 0.4) is 0 Å². The SMILES string of the molecule is Cc1ccc(/C(O)=C2/C(=O)C(=O)N(c3ccc(Cl)cc3)C2c2ccco2)cc1C. The number of amides is 1. The molecule has 1 atom stereocenters. The lowest BCUT2D eigenvalue weighted by Gasteiger charge is -2.23. The number of halogens is 1. The van der Waals surface area contributed by atoms with Crippen LogP contribution in [0.5, 0.6) is 0 Å². The van der Waals surface area contributed by atoms with Crippen molar-refractivity contribution in [3.63, 3.8) is 0 Å². The van der Waals surface area contributed by atoms with E-state index in [4.69, 9.17) is 16.0 Å². The van der Waals surface area contributed by atoms with E-state index in [0.29, 0.717) is 22.0 Å². The molecule has 5 nitrogen and oxygen atoms in total. The third-order valence-electron chi connectivity index (χ3n) is 5.14. The highest BCUT2D eigenvalue weighted by molar-refractivity contribution is 6.51. The summed E-state index contributed by atoms with van der Waals surface area (Å²) < 4.78 is 5.53. The summed E-state index contributed by atoms with van der Waals surface area (Å²) >= 11 is 5.97. The van der Waals surface area contributed by atoms with Gasteiger partial charge < -0.3 is 9.52 Å². The third kappa shape index (κ3) is 3.23. The highest BCUT2D eigenvalue weighted by Crippen LogP contribution is 2.42. The van der Waals surface area contributed by atoms with Crippen LogP contribution in [0.25, 0.3) is 5.76 Å². The number of aliphatic hydroxyl groups is 1. The first kappa shape index (κ1) is 19.0. The monoisotopic (exact) mass is 407 g/mol. The molecule has 1 aromatic heterocycles. The molecule has 1 saturated heterocycles. The van der Waals surface area contributed by atoms with Gasteiger partial charge in [0, 0.05) is 16.3 Å². The molecule has 0 radical (unpaired) electrons. The van der Waals surface area contributed by atoms with Gasteiger partial charge in [0.2, 0.25) is 0 Å². The van der Waals surface area contributed by atoms with E-state index < -0.39 is 17.7 Å². The smallest absolute Gasteiger partial charge is 0.300 e. The summed E-state index contributed by atoms with van der Waals surface area (Å²) in [6.45, 7) is 3.88. The molecule has 146 valence electrons. The van der Waals surface area contributed by atoms with Gasteiger partial charge in [0.15, 0.2) is 0 Å². The summed E-state index contributed by atoms with van der Waals surface area (Å²) in [6.07, 6.45) is 1.47. The van der Waals surface area contributed by atoms with Crippen molar-refractivity contribution < 1.29 is 19.1 Å². The quantitative estimate of drug-likeness (QED) is 0.369. The van der Waals surface area contributed by atoms with Gasteiger partial charge in [0.1, 0.15) is 17.6 Å². The van der Waals surface area contributed by atoms with Crippen molar-refractivity contribution in [2.45, 2.75) is 19.9 Å². The summed E-state index contributed by atoms with van der Waals surface area (Å²) in [6, 6.07) is 14.4. The molecule has 1 fully saturated rings. The Kier molecular flexibility index (Phi) is 4.76. The first-order chi connectivity index (χ1) is 13.9. The normalized spacial score (nSPS) is 18.4. The molecule has 1 unspecified atom stereocenters. The molecule has 3 aromatic rings. The van der Waals surface area contributed by atoms with Crippen LogP contribution in [0.4, 0.5) is 5.69 Å². The van der Waals surface area contributed by atoms with Crippen molar-refractivity contribution in [1.82, 2.24) is 0 Å². The van der Waals surface area contributed by atoms with Crippen LogP contribution in [0, 0.1) is 13.8 Å². The lowest BCUT2D eigenvalue weighted by molar-refractivity contribution is -0.132. The number of rotatable bonds is 3. The van der Waals surface area contributed by atoms with Gasteiger partial charge in [-0.05, 0) is 67.4 Å². The lowest BCUT2D eigenvalue weighted by Crippen LogP contribution is -2.29. The van der Waals surface area contributed by atoms with Gasteiger partial charge in [-0.3, -0.25) is 14.5 Å². The molecule has 2 heterocycles. The number of hydrogen-bond donors (Lipinski definition) is 1. The van der Waals surface area contributed by atoms with Crippen molar-refractivity contribution >= 4 is 34.7 Å². The molecule has 6 heteroatoms. The zero-order valence-corrected chi connectivity index (χ0v) is 16.6. The van der Waals surface area contributed by atoms with Gasteiger partial charge in [-0.15, -0.1) is 0 Å². The highest BCUT2D eigenvalue weighted by atomic mass is 35.5. The Labute approximate surface area is 172 Å². The van der Waals surface area contributed by atoms with E-state index in [0.717, 1.165) is 11.1 Å². The number of hydrogen-bond acceptors (Lipinski definition) is 4. The number of furan rings is 1. The van der Waals surface area contributed by atoms with Crippen LogP contribution in [-0.2, 0) is 9.59 Å². The Bertz CT molecular complexity index is 1130. The third-order valence-corrected chi connectivity index (χ3v) is 5.39. The minimum atomic E-state index is -0.882. The predicted octanol–water partition coefficient (Wildman–Crippen LogP) is 5.18. The predicted molar refractivity (Wildman–Crippen MR) is 111 cm³/mol. The average Bonchev–Trinajstić information content (AvgIpc) is 3.32. The van der Waals surface area contributed by atoms with Crippen LogP contribution in [0.1, 0.15) is 28.5 Å². The maximum atomic E-state index is 13.0. The largest absolute Gasteiger partial charge is 0.507 e. The number of ketones is 1. The molecule has 1 aliphatic heterocycles. The lowest BCUT2D eigenvalue weighted by atomic mass is 9.97. The number of nitrogens with zero attached hydrogens (tertiary/aromatic N) is 1. The number of aryl methyl sites for hydroxylation is 2. The van der Waals surface area contributed by atoms with E-state index in [1.54, 1.807) is 48.5 Å². The van der Waals surface area contributed by atoms with E-state index >= 15 is 0 Å². The maximum absolute atomic E-state index is 13.0. The van der Waals surface area contributed by atoms with E-state index in [1.165, 1.54) is 11.2 Å². The molecule has 1 amide bonds. The van der Waals surface area contributed by atoms with E-state index in [2.05, 4.69) is 0 Å². The minimum Gasteiger partial charge on any atom is -0.507 e. The van der Waals surface area contributed by atoms with E-state index in [-0.39, 0.29) is 11.3 Å². The van der Waals surface area contributed by atoms with Gasteiger partial charge in [0.25, 0.3) is 11.7 Å². The Hall–Kier alpha value is -3.31. The first-order valence-electron chi connectivity index (χ1n) is 9.06. The second kappa shape index (κ2) is 7.26.